The van der Waals surface area contributed by atoms with Gasteiger partial charge in [0.15, 0.2) is 0 Å². The average Bonchev–Trinajstić information content (AvgIpc) is 2.99. The van der Waals surface area contributed by atoms with Gasteiger partial charge >= 0.3 is 23.9 Å². The number of pyridine rings is 1. The van der Waals surface area contributed by atoms with Crippen molar-refractivity contribution in [1.82, 2.24) is 25.0 Å². The van der Waals surface area contributed by atoms with Crippen LogP contribution in [0.15, 0.2) is 45.6 Å². The number of aliphatic carboxylic acids is 4. The molecule has 248 valence electrons. The molecule has 1 aliphatic rings. The molecule has 3 heterocycles. The number of carboxylic acid groups (broad SMARTS) is 4. The molecule has 0 saturated carbocycles. The third-order valence-corrected chi connectivity index (χ3v) is 8.16. The summed E-state index contributed by atoms with van der Waals surface area (Å²) in [5.41, 5.74) is 0.936. The molecule has 2 aromatic heterocycles. The Hall–Kier alpha value is -4.44. The maximum Gasteiger partial charge on any atom is 0.320 e. The summed E-state index contributed by atoms with van der Waals surface area (Å²) in [6.07, 6.45) is -0.732. The normalized spacial score (nSPS) is 17.6. The zero-order valence-electron chi connectivity index (χ0n) is 25.3. The van der Waals surface area contributed by atoms with Crippen molar-refractivity contribution in [2.75, 3.05) is 52.4 Å². The third kappa shape index (κ3) is 9.29. The average molecular weight is 642 g/mol. The largest absolute Gasteiger partial charge is 0.481 e. The molecule has 0 spiro atoms. The van der Waals surface area contributed by atoms with Crippen molar-refractivity contribution in [2.24, 2.45) is 0 Å². The van der Waals surface area contributed by atoms with Crippen LogP contribution >= 0.6 is 0 Å². The van der Waals surface area contributed by atoms with E-state index in [0.717, 1.165) is 0 Å². The van der Waals surface area contributed by atoms with Crippen molar-refractivity contribution in [3.05, 3.63) is 52.3 Å². The number of para-hydroxylation sites is 1. The minimum Gasteiger partial charge on any atom is -0.481 e. The first-order valence-electron chi connectivity index (χ1n) is 15.2. The van der Waals surface area contributed by atoms with Gasteiger partial charge in [-0.3, -0.25) is 38.7 Å². The molecule has 0 aliphatic carbocycles. The zero-order chi connectivity index (χ0) is 33.2. The van der Waals surface area contributed by atoms with E-state index >= 15 is 0 Å². The van der Waals surface area contributed by atoms with Crippen molar-refractivity contribution < 1.29 is 44.0 Å². The summed E-state index contributed by atoms with van der Waals surface area (Å²) in [7, 11) is 0. The van der Waals surface area contributed by atoms with Crippen molar-refractivity contribution in [3.63, 3.8) is 0 Å². The SMILES string of the molecule is O=C(O)CCC(C(=O)O)N1CCNCCN(C(CCC(=O)O)C(=O)O)CCN(Cc2ccc3c(=O)c4ccccc4oc3n2)CC1. The monoisotopic (exact) mass is 641 g/mol. The Kier molecular flexibility index (Phi) is 12.1. The van der Waals surface area contributed by atoms with E-state index in [1.165, 1.54) is 0 Å². The lowest BCUT2D eigenvalue weighted by molar-refractivity contribution is -0.146. The van der Waals surface area contributed by atoms with Gasteiger partial charge in [0.2, 0.25) is 11.1 Å². The molecule has 3 aromatic rings. The van der Waals surface area contributed by atoms with Crippen molar-refractivity contribution in [2.45, 2.75) is 44.3 Å². The molecular weight excluding hydrogens is 602 g/mol. The standard InChI is InChI=1S/C31H39N5O10/c37-26(38)9-7-23(30(42)43)35-13-11-32-12-14-36(24(31(44)45)8-10-27(39)40)18-16-34(15-17-35)19-20-5-6-22-28(41)21-3-1-2-4-25(21)46-29(22)33-20/h1-6,23-24,32H,7-19H2,(H,37,38)(H,39,40)(H,42,43)(H,44,45). The van der Waals surface area contributed by atoms with Crippen molar-refractivity contribution in [3.8, 4) is 0 Å². The lowest BCUT2D eigenvalue weighted by atomic mass is 10.1. The fraction of sp³-hybridized carbons (Fsp3) is 0.484. The molecule has 15 nitrogen and oxygen atoms in total. The molecule has 5 N–H and O–H groups in total. The molecule has 15 heteroatoms. The number of hydrogen-bond donors (Lipinski definition) is 5. The molecule has 2 unspecified atom stereocenters. The van der Waals surface area contributed by atoms with E-state index in [2.05, 4.69) is 10.3 Å². The second-order valence-corrected chi connectivity index (χ2v) is 11.3. The van der Waals surface area contributed by atoms with Gasteiger partial charge in [-0.05, 0) is 37.1 Å². The Balaban J connectivity index is 1.62. The molecule has 46 heavy (non-hydrogen) atoms. The summed E-state index contributed by atoms with van der Waals surface area (Å²) >= 11 is 0. The first-order valence-corrected chi connectivity index (χ1v) is 15.2. The highest BCUT2D eigenvalue weighted by molar-refractivity contribution is 5.88. The molecular formula is C31H39N5O10. The van der Waals surface area contributed by atoms with E-state index in [9.17, 15) is 44.4 Å². The Labute approximate surface area is 264 Å². The number of rotatable bonds is 12. The predicted molar refractivity (Wildman–Crippen MR) is 166 cm³/mol. The third-order valence-electron chi connectivity index (χ3n) is 8.16. The fourth-order valence-electron chi connectivity index (χ4n) is 5.71. The molecule has 1 saturated heterocycles. The van der Waals surface area contributed by atoms with Gasteiger partial charge in [-0.2, -0.15) is 0 Å². The molecule has 0 amide bonds. The van der Waals surface area contributed by atoms with E-state index < -0.39 is 36.0 Å². The lowest BCUT2D eigenvalue weighted by Crippen LogP contribution is -2.51. The Morgan fingerprint density at radius 2 is 1.33 bits per heavy atom. The quantitative estimate of drug-likeness (QED) is 0.174. The van der Waals surface area contributed by atoms with E-state index in [0.29, 0.717) is 61.3 Å². The summed E-state index contributed by atoms with van der Waals surface area (Å²) < 4.78 is 5.93. The van der Waals surface area contributed by atoms with Gasteiger partial charge < -0.3 is 30.2 Å². The highest BCUT2D eigenvalue weighted by Gasteiger charge is 2.29. The van der Waals surface area contributed by atoms with E-state index in [1.54, 1.807) is 46.2 Å². The van der Waals surface area contributed by atoms with Gasteiger partial charge in [0.25, 0.3) is 0 Å². The van der Waals surface area contributed by atoms with Crippen LogP contribution in [0, 0.1) is 0 Å². The van der Waals surface area contributed by atoms with Crippen LogP contribution in [0.2, 0.25) is 0 Å². The van der Waals surface area contributed by atoms with Gasteiger partial charge in [-0.15, -0.1) is 0 Å². The Morgan fingerprint density at radius 3 is 1.87 bits per heavy atom. The van der Waals surface area contributed by atoms with Crippen LogP contribution in [0.3, 0.4) is 0 Å². The molecule has 1 aliphatic heterocycles. The van der Waals surface area contributed by atoms with Crippen LogP contribution in [-0.4, -0.2) is 128 Å². The van der Waals surface area contributed by atoms with Gasteiger partial charge in [0, 0.05) is 71.7 Å². The predicted octanol–water partition coefficient (Wildman–Crippen LogP) is 0.986. The fourth-order valence-corrected chi connectivity index (χ4v) is 5.71. The number of carboxylic acids is 4. The summed E-state index contributed by atoms with van der Waals surface area (Å²) in [5, 5.41) is 42.2. The molecule has 2 atom stereocenters. The smallest absolute Gasteiger partial charge is 0.320 e. The number of carbonyl (C=O) groups is 4. The number of hydrogen-bond acceptors (Lipinski definition) is 11. The highest BCUT2D eigenvalue weighted by Crippen LogP contribution is 2.18. The van der Waals surface area contributed by atoms with Gasteiger partial charge in [0.05, 0.1) is 16.5 Å². The summed E-state index contributed by atoms with van der Waals surface area (Å²) in [6.45, 7) is 2.81. The molecule has 1 fully saturated rings. The minimum absolute atomic E-state index is 0.0679. The van der Waals surface area contributed by atoms with Crippen LogP contribution in [-0.2, 0) is 25.7 Å². The van der Waals surface area contributed by atoms with Crippen LogP contribution in [0.25, 0.3) is 22.1 Å². The van der Waals surface area contributed by atoms with E-state index in [-0.39, 0.29) is 56.5 Å². The molecule has 1 aromatic carbocycles. The summed E-state index contributed by atoms with van der Waals surface area (Å²) in [4.78, 5) is 69.9. The van der Waals surface area contributed by atoms with E-state index in [1.807, 2.05) is 4.90 Å². The summed E-state index contributed by atoms with van der Waals surface area (Å²) in [5.74, 6) is -4.41. The van der Waals surface area contributed by atoms with Crippen LogP contribution in [0.5, 0.6) is 0 Å². The number of nitrogens with one attached hydrogen (secondary N) is 1. The number of fused-ring (bicyclic) bond motifs is 2. The number of aromatic nitrogens is 1. The van der Waals surface area contributed by atoms with Gasteiger partial charge in [0.1, 0.15) is 17.7 Å². The highest BCUT2D eigenvalue weighted by atomic mass is 16.4. The Morgan fingerprint density at radius 1 is 0.761 bits per heavy atom. The van der Waals surface area contributed by atoms with E-state index in [4.69, 9.17) is 4.42 Å². The van der Waals surface area contributed by atoms with Crippen molar-refractivity contribution in [1.29, 1.82) is 0 Å². The summed E-state index contributed by atoms with van der Waals surface area (Å²) in [6, 6.07) is 8.19. The Bertz CT molecular complexity index is 1560. The van der Waals surface area contributed by atoms with Crippen LogP contribution < -0.4 is 10.7 Å². The number of nitrogens with zero attached hydrogens (tertiary/aromatic N) is 4. The topological polar surface area (TPSA) is 214 Å². The first kappa shape index (κ1) is 34.4. The molecule has 0 radical (unpaired) electrons. The maximum absolute atomic E-state index is 13.0. The van der Waals surface area contributed by atoms with Gasteiger partial charge in [-0.25, -0.2) is 4.98 Å². The number of benzene rings is 1. The lowest BCUT2D eigenvalue weighted by Gasteiger charge is -2.35. The van der Waals surface area contributed by atoms with Crippen molar-refractivity contribution >= 4 is 45.9 Å². The second-order valence-electron chi connectivity index (χ2n) is 11.3. The molecule has 4 rings (SSSR count). The maximum atomic E-state index is 13.0. The van der Waals surface area contributed by atoms with Crippen LogP contribution in [0.4, 0.5) is 0 Å². The second kappa shape index (κ2) is 16.2. The first-order chi connectivity index (χ1) is 22.0. The minimum atomic E-state index is -1.12. The zero-order valence-corrected chi connectivity index (χ0v) is 25.3. The van der Waals surface area contributed by atoms with Crippen LogP contribution in [0.1, 0.15) is 31.4 Å². The molecule has 0 bridgehead atoms. The van der Waals surface area contributed by atoms with Gasteiger partial charge in [-0.1, -0.05) is 12.1 Å².